The molecule has 128 valence electrons. The fourth-order valence-electron chi connectivity index (χ4n) is 4.04. The number of halogens is 1. The zero-order valence-electron chi connectivity index (χ0n) is 13.9. The van der Waals surface area contributed by atoms with Gasteiger partial charge < -0.3 is 15.2 Å². The number of ether oxygens (including phenoxy) is 1. The van der Waals surface area contributed by atoms with Gasteiger partial charge in [-0.15, -0.1) is 0 Å². The predicted octanol–water partition coefficient (Wildman–Crippen LogP) is 3.69. The molecule has 4 nitrogen and oxygen atoms in total. The fourth-order valence-corrected chi connectivity index (χ4v) is 4.50. The number of phenols is 1. The fraction of sp³-hybridized carbons (Fsp3) is 0.667. The van der Waals surface area contributed by atoms with Crippen molar-refractivity contribution in [2.45, 2.75) is 38.6 Å². The number of hydrogen-bond acceptors (Lipinski definition) is 4. The highest BCUT2D eigenvalue weighted by Gasteiger charge is 2.32. The van der Waals surface area contributed by atoms with Crippen LogP contribution < -0.4 is 10.1 Å². The Balaban J connectivity index is 1.94. The Morgan fingerprint density at radius 1 is 1.30 bits per heavy atom. The Kier molecular flexibility index (Phi) is 5.83. The first-order valence-corrected chi connectivity index (χ1v) is 9.60. The van der Waals surface area contributed by atoms with Crippen LogP contribution in [0.2, 0.25) is 0 Å². The Bertz CT molecular complexity index is 526. The molecule has 1 aromatic rings. The first-order chi connectivity index (χ1) is 11.2. The van der Waals surface area contributed by atoms with Crippen LogP contribution in [0.4, 0.5) is 0 Å². The molecule has 0 aromatic heterocycles. The summed E-state index contributed by atoms with van der Waals surface area (Å²) in [5.41, 5.74) is 1.27. The molecular formula is C18H27BrN2O2. The first-order valence-electron chi connectivity index (χ1n) is 8.80. The van der Waals surface area contributed by atoms with E-state index >= 15 is 0 Å². The van der Waals surface area contributed by atoms with Crippen LogP contribution in [0.3, 0.4) is 0 Å². The molecule has 1 aliphatic carbocycles. The van der Waals surface area contributed by atoms with Crippen LogP contribution in [0.25, 0.3) is 0 Å². The van der Waals surface area contributed by atoms with Crippen molar-refractivity contribution in [2.75, 3.05) is 32.8 Å². The maximum Gasteiger partial charge on any atom is 0.172 e. The lowest BCUT2D eigenvalue weighted by molar-refractivity contribution is 0.125. The molecule has 3 rings (SSSR count). The number of rotatable bonds is 5. The lowest BCUT2D eigenvalue weighted by Crippen LogP contribution is -2.46. The number of hydrogen-bond donors (Lipinski definition) is 2. The molecule has 2 fully saturated rings. The van der Waals surface area contributed by atoms with E-state index in [9.17, 15) is 5.11 Å². The van der Waals surface area contributed by atoms with Crippen LogP contribution in [0.1, 0.15) is 44.2 Å². The van der Waals surface area contributed by atoms with Gasteiger partial charge in [-0.25, -0.2) is 0 Å². The molecule has 2 N–H and O–H groups in total. The quantitative estimate of drug-likeness (QED) is 0.814. The highest BCUT2D eigenvalue weighted by atomic mass is 79.9. The van der Waals surface area contributed by atoms with Gasteiger partial charge in [-0.1, -0.05) is 12.8 Å². The number of benzene rings is 1. The molecule has 1 heterocycles. The van der Waals surface area contributed by atoms with Crippen molar-refractivity contribution in [3.8, 4) is 11.5 Å². The van der Waals surface area contributed by atoms with E-state index in [0.29, 0.717) is 24.3 Å². The summed E-state index contributed by atoms with van der Waals surface area (Å²) in [5.74, 6) is 1.51. The Morgan fingerprint density at radius 3 is 2.65 bits per heavy atom. The van der Waals surface area contributed by atoms with Gasteiger partial charge in [0.1, 0.15) is 0 Å². The molecule has 0 spiro atoms. The summed E-state index contributed by atoms with van der Waals surface area (Å²) in [5, 5.41) is 13.7. The van der Waals surface area contributed by atoms with Crippen LogP contribution in [-0.2, 0) is 0 Å². The molecule has 0 unspecified atom stereocenters. The van der Waals surface area contributed by atoms with Crippen molar-refractivity contribution in [2.24, 2.45) is 5.92 Å². The van der Waals surface area contributed by atoms with Gasteiger partial charge in [-0.2, -0.15) is 0 Å². The molecule has 1 aliphatic heterocycles. The highest BCUT2D eigenvalue weighted by Crippen LogP contribution is 2.44. The van der Waals surface area contributed by atoms with Crippen LogP contribution in [0, 0.1) is 5.92 Å². The van der Waals surface area contributed by atoms with Crippen LogP contribution >= 0.6 is 15.9 Å². The van der Waals surface area contributed by atoms with Gasteiger partial charge in [0.15, 0.2) is 11.5 Å². The van der Waals surface area contributed by atoms with E-state index in [-0.39, 0.29) is 5.75 Å². The molecule has 1 atom stereocenters. The van der Waals surface area contributed by atoms with Crippen LogP contribution in [-0.4, -0.2) is 42.8 Å². The molecule has 1 aromatic carbocycles. The average Bonchev–Trinajstić information content (AvgIpc) is 3.08. The van der Waals surface area contributed by atoms with Gasteiger partial charge in [0.25, 0.3) is 0 Å². The minimum atomic E-state index is 0.209. The average molecular weight is 383 g/mol. The summed E-state index contributed by atoms with van der Waals surface area (Å²) < 4.78 is 6.38. The van der Waals surface area contributed by atoms with Crippen molar-refractivity contribution in [3.05, 3.63) is 22.2 Å². The normalized spacial score (nSPS) is 21.5. The molecule has 1 saturated carbocycles. The minimum absolute atomic E-state index is 0.209. The molecule has 5 heteroatoms. The molecule has 0 amide bonds. The maximum absolute atomic E-state index is 10.2. The van der Waals surface area contributed by atoms with E-state index in [0.717, 1.165) is 30.7 Å². The monoisotopic (exact) mass is 382 g/mol. The smallest absolute Gasteiger partial charge is 0.172 e. The number of piperazine rings is 1. The number of nitrogens with zero attached hydrogens (tertiary/aromatic N) is 1. The van der Waals surface area contributed by atoms with E-state index in [1.807, 2.05) is 6.92 Å². The second kappa shape index (κ2) is 7.86. The van der Waals surface area contributed by atoms with Crippen molar-refractivity contribution < 1.29 is 9.84 Å². The van der Waals surface area contributed by atoms with Crippen molar-refractivity contribution in [3.63, 3.8) is 0 Å². The summed E-state index contributed by atoms with van der Waals surface area (Å²) in [7, 11) is 0. The van der Waals surface area contributed by atoms with Crippen molar-refractivity contribution >= 4 is 15.9 Å². The first kappa shape index (κ1) is 17.1. The molecule has 1 saturated heterocycles. The summed E-state index contributed by atoms with van der Waals surface area (Å²) in [6.07, 6.45) is 5.28. The summed E-state index contributed by atoms with van der Waals surface area (Å²) in [6, 6.07) is 4.56. The Morgan fingerprint density at radius 2 is 2.00 bits per heavy atom. The van der Waals surface area contributed by atoms with Crippen molar-refractivity contribution in [1.82, 2.24) is 10.2 Å². The zero-order chi connectivity index (χ0) is 16.2. The van der Waals surface area contributed by atoms with Gasteiger partial charge in [0, 0.05) is 32.2 Å². The number of aromatic hydroxyl groups is 1. The largest absolute Gasteiger partial charge is 0.503 e. The van der Waals surface area contributed by atoms with Gasteiger partial charge >= 0.3 is 0 Å². The predicted molar refractivity (Wildman–Crippen MR) is 96.1 cm³/mol. The number of phenolic OH excluding ortho intramolecular Hbond substituents is 1. The molecular weight excluding hydrogens is 356 g/mol. The minimum Gasteiger partial charge on any atom is -0.503 e. The second-order valence-corrected chi connectivity index (χ2v) is 7.41. The van der Waals surface area contributed by atoms with E-state index < -0.39 is 0 Å². The standard InChI is InChI=1S/C18H27BrN2O2/c1-2-23-16-12-14(11-15(19)18(16)22)17(13-5-3-4-6-13)21-9-7-20-8-10-21/h11-13,17,20,22H,2-10H2,1H3/t17-/m0/s1. The topological polar surface area (TPSA) is 44.7 Å². The SMILES string of the molecule is CCOc1cc([C@H](C2CCCC2)N2CCNCC2)cc(Br)c1O. The lowest BCUT2D eigenvalue weighted by Gasteiger charge is -2.39. The molecule has 23 heavy (non-hydrogen) atoms. The Labute approximate surface area is 147 Å². The van der Waals surface area contributed by atoms with E-state index in [2.05, 4.69) is 38.3 Å². The third-order valence-electron chi connectivity index (χ3n) is 5.08. The molecule has 0 bridgehead atoms. The van der Waals surface area contributed by atoms with Crippen LogP contribution in [0.5, 0.6) is 11.5 Å². The molecule has 0 radical (unpaired) electrons. The number of nitrogens with one attached hydrogen (secondary N) is 1. The van der Waals surface area contributed by atoms with Crippen molar-refractivity contribution in [1.29, 1.82) is 0 Å². The van der Waals surface area contributed by atoms with E-state index in [4.69, 9.17) is 4.74 Å². The highest BCUT2D eigenvalue weighted by molar-refractivity contribution is 9.10. The maximum atomic E-state index is 10.2. The summed E-state index contributed by atoms with van der Waals surface area (Å²) in [4.78, 5) is 2.61. The second-order valence-electron chi connectivity index (χ2n) is 6.56. The lowest BCUT2D eigenvalue weighted by atomic mass is 9.89. The Hall–Kier alpha value is -0.780. The summed E-state index contributed by atoms with van der Waals surface area (Å²) >= 11 is 3.51. The van der Waals surface area contributed by atoms with E-state index in [1.54, 1.807) is 0 Å². The van der Waals surface area contributed by atoms with Gasteiger partial charge in [-0.05, 0) is 59.3 Å². The third-order valence-corrected chi connectivity index (χ3v) is 5.69. The van der Waals surface area contributed by atoms with Gasteiger partial charge in [0.05, 0.1) is 11.1 Å². The van der Waals surface area contributed by atoms with E-state index in [1.165, 1.54) is 31.2 Å². The van der Waals surface area contributed by atoms with Crippen LogP contribution in [0.15, 0.2) is 16.6 Å². The van der Waals surface area contributed by atoms with Gasteiger partial charge in [-0.3, -0.25) is 4.90 Å². The van der Waals surface area contributed by atoms with Gasteiger partial charge in [0.2, 0.25) is 0 Å². The molecule has 2 aliphatic rings. The zero-order valence-corrected chi connectivity index (χ0v) is 15.4. The summed E-state index contributed by atoms with van der Waals surface area (Å²) in [6.45, 7) is 6.80. The third kappa shape index (κ3) is 3.83.